The monoisotopic (exact) mass is 414 g/mol. The molecule has 0 spiro atoms. The first-order valence-electron chi connectivity index (χ1n) is 9.10. The van der Waals surface area contributed by atoms with Crippen molar-refractivity contribution in [3.8, 4) is 17.2 Å². The predicted molar refractivity (Wildman–Crippen MR) is 105 cm³/mol. The van der Waals surface area contributed by atoms with E-state index in [1.54, 1.807) is 20.0 Å². The maximum atomic E-state index is 12.6. The number of nitrogens with one attached hydrogen (secondary N) is 1. The second-order valence-electron chi connectivity index (χ2n) is 6.73. The van der Waals surface area contributed by atoms with Crippen LogP contribution in [0.4, 0.5) is 0 Å². The van der Waals surface area contributed by atoms with Gasteiger partial charge in [-0.1, -0.05) is 6.07 Å². The number of ether oxygens (including phenoxy) is 1. The standard InChI is InChI=1S/C20H22N4O6/c1-11-6-15(26)19(28)20(30-11)13(12-4-5-14(25)16(7-12)29-3)8-18(27)21-9-17-22-10-24(2)23-17/h4-7,10,13,25,28H,8-9H2,1-3H3,(H,21,27). The summed E-state index contributed by atoms with van der Waals surface area (Å²) in [6.07, 6.45) is 1.38. The lowest BCUT2D eigenvalue weighted by atomic mass is 9.91. The average Bonchev–Trinajstić information content (AvgIpc) is 3.13. The summed E-state index contributed by atoms with van der Waals surface area (Å²) in [5.41, 5.74) is -0.0950. The minimum atomic E-state index is -0.802. The normalized spacial score (nSPS) is 11.8. The van der Waals surface area contributed by atoms with Crippen LogP contribution in [0.2, 0.25) is 0 Å². The third-order valence-electron chi connectivity index (χ3n) is 4.47. The molecule has 2 aromatic heterocycles. The van der Waals surface area contributed by atoms with Crippen LogP contribution in [-0.2, 0) is 18.4 Å². The summed E-state index contributed by atoms with van der Waals surface area (Å²) in [7, 11) is 3.11. The van der Waals surface area contributed by atoms with E-state index in [0.29, 0.717) is 17.1 Å². The van der Waals surface area contributed by atoms with Crippen LogP contribution >= 0.6 is 0 Å². The van der Waals surface area contributed by atoms with Crippen molar-refractivity contribution in [2.75, 3.05) is 7.11 Å². The number of nitrogens with zero attached hydrogens (tertiary/aromatic N) is 3. The van der Waals surface area contributed by atoms with Gasteiger partial charge in [-0.2, -0.15) is 5.10 Å². The van der Waals surface area contributed by atoms with Gasteiger partial charge in [-0.25, -0.2) is 4.98 Å². The fraction of sp³-hybridized carbons (Fsp3) is 0.300. The van der Waals surface area contributed by atoms with Crippen LogP contribution in [0.1, 0.15) is 35.2 Å². The van der Waals surface area contributed by atoms with Crippen LogP contribution in [0.5, 0.6) is 17.2 Å². The summed E-state index contributed by atoms with van der Waals surface area (Å²) >= 11 is 0. The van der Waals surface area contributed by atoms with Crippen LogP contribution in [0.15, 0.2) is 39.8 Å². The number of aromatic nitrogens is 3. The van der Waals surface area contributed by atoms with Gasteiger partial charge in [0.25, 0.3) is 0 Å². The molecule has 3 aromatic rings. The van der Waals surface area contributed by atoms with Gasteiger partial charge in [0.1, 0.15) is 12.1 Å². The maximum absolute atomic E-state index is 12.6. The Kier molecular flexibility index (Phi) is 6.05. The van der Waals surface area contributed by atoms with Gasteiger partial charge in [0.15, 0.2) is 23.1 Å². The van der Waals surface area contributed by atoms with E-state index in [-0.39, 0.29) is 36.1 Å². The number of amides is 1. The van der Waals surface area contributed by atoms with E-state index in [2.05, 4.69) is 15.4 Å². The van der Waals surface area contributed by atoms with Crippen molar-refractivity contribution < 1.29 is 24.2 Å². The largest absolute Gasteiger partial charge is 0.504 e. The topological polar surface area (TPSA) is 140 Å². The molecular weight excluding hydrogens is 392 g/mol. The highest BCUT2D eigenvalue weighted by Gasteiger charge is 2.26. The summed E-state index contributed by atoms with van der Waals surface area (Å²) in [4.78, 5) is 28.8. The Labute approximate surface area is 171 Å². The molecule has 30 heavy (non-hydrogen) atoms. The summed E-state index contributed by atoms with van der Waals surface area (Å²) in [6.45, 7) is 1.70. The summed E-state index contributed by atoms with van der Waals surface area (Å²) in [5.74, 6) is -0.950. The number of rotatable bonds is 7. The lowest BCUT2D eigenvalue weighted by Gasteiger charge is -2.18. The number of carbonyl (C=O) groups excluding carboxylic acids is 1. The molecule has 0 aliphatic heterocycles. The van der Waals surface area contributed by atoms with Gasteiger partial charge in [-0.05, 0) is 24.6 Å². The van der Waals surface area contributed by atoms with Crippen molar-refractivity contribution in [2.45, 2.75) is 25.8 Å². The second kappa shape index (κ2) is 8.68. The zero-order chi connectivity index (χ0) is 21.8. The second-order valence-corrected chi connectivity index (χ2v) is 6.73. The molecule has 0 bridgehead atoms. The number of methoxy groups -OCH3 is 1. The van der Waals surface area contributed by atoms with Crippen LogP contribution < -0.4 is 15.5 Å². The van der Waals surface area contributed by atoms with Crippen LogP contribution in [0, 0.1) is 6.92 Å². The molecule has 1 aromatic carbocycles. The van der Waals surface area contributed by atoms with Crippen LogP contribution in [0.3, 0.4) is 0 Å². The third-order valence-corrected chi connectivity index (χ3v) is 4.47. The first-order valence-corrected chi connectivity index (χ1v) is 9.10. The number of hydrogen-bond donors (Lipinski definition) is 3. The van der Waals surface area contributed by atoms with E-state index in [4.69, 9.17) is 9.15 Å². The van der Waals surface area contributed by atoms with Crippen molar-refractivity contribution in [3.05, 3.63) is 63.7 Å². The van der Waals surface area contributed by atoms with Gasteiger partial charge in [0.05, 0.1) is 19.6 Å². The molecule has 10 nitrogen and oxygen atoms in total. The highest BCUT2D eigenvalue weighted by Crippen LogP contribution is 2.37. The summed E-state index contributed by atoms with van der Waals surface area (Å²) in [6, 6.07) is 5.66. The zero-order valence-corrected chi connectivity index (χ0v) is 16.7. The Morgan fingerprint density at radius 2 is 2.10 bits per heavy atom. The molecule has 3 N–H and O–H groups in total. The molecule has 0 aliphatic rings. The molecule has 1 atom stereocenters. The Hall–Kier alpha value is -3.82. The molecule has 0 saturated heterocycles. The van der Waals surface area contributed by atoms with E-state index in [1.165, 1.54) is 36.3 Å². The smallest absolute Gasteiger partial charge is 0.227 e. The van der Waals surface area contributed by atoms with E-state index >= 15 is 0 Å². The van der Waals surface area contributed by atoms with Gasteiger partial charge in [0.2, 0.25) is 17.1 Å². The van der Waals surface area contributed by atoms with Gasteiger partial charge >= 0.3 is 0 Å². The minimum Gasteiger partial charge on any atom is -0.504 e. The number of phenolic OH excluding ortho intramolecular Hbond substituents is 1. The zero-order valence-electron chi connectivity index (χ0n) is 16.7. The molecule has 0 fully saturated rings. The van der Waals surface area contributed by atoms with Gasteiger partial charge in [-0.15, -0.1) is 0 Å². The molecule has 10 heteroatoms. The van der Waals surface area contributed by atoms with Crippen molar-refractivity contribution in [3.63, 3.8) is 0 Å². The Morgan fingerprint density at radius 3 is 2.77 bits per heavy atom. The SMILES string of the molecule is COc1cc(C(CC(=O)NCc2ncn(C)n2)c2oc(C)cc(=O)c2O)ccc1O. The Morgan fingerprint density at radius 1 is 1.33 bits per heavy atom. The van der Waals surface area contributed by atoms with Gasteiger partial charge < -0.3 is 24.7 Å². The number of carbonyl (C=O) groups is 1. The van der Waals surface area contributed by atoms with Crippen molar-refractivity contribution in [1.29, 1.82) is 0 Å². The molecule has 0 aliphatic carbocycles. The number of aryl methyl sites for hydroxylation is 2. The highest BCUT2D eigenvalue weighted by molar-refractivity contribution is 5.77. The van der Waals surface area contributed by atoms with Crippen molar-refractivity contribution in [2.24, 2.45) is 7.05 Å². The molecular formula is C20H22N4O6. The summed E-state index contributed by atoms with van der Waals surface area (Å²) in [5, 5.41) is 27.0. The first-order chi connectivity index (χ1) is 14.3. The lowest BCUT2D eigenvalue weighted by molar-refractivity contribution is -0.121. The summed E-state index contributed by atoms with van der Waals surface area (Å²) < 4.78 is 12.3. The van der Waals surface area contributed by atoms with Crippen molar-refractivity contribution >= 4 is 5.91 Å². The molecule has 0 radical (unpaired) electrons. The average molecular weight is 414 g/mol. The van der Waals surface area contributed by atoms with E-state index in [1.807, 2.05) is 0 Å². The quantitative estimate of drug-likeness (QED) is 0.526. The highest BCUT2D eigenvalue weighted by atomic mass is 16.5. The molecule has 0 saturated carbocycles. The van der Waals surface area contributed by atoms with Crippen LogP contribution in [-0.4, -0.2) is 38.0 Å². The Bertz CT molecular complexity index is 1120. The van der Waals surface area contributed by atoms with E-state index < -0.39 is 17.1 Å². The molecule has 158 valence electrons. The molecule has 1 amide bonds. The molecule has 2 heterocycles. The van der Waals surface area contributed by atoms with E-state index in [0.717, 1.165) is 0 Å². The number of aromatic hydroxyl groups is 2. The van der Waals surface area contributed by atoms with Gasteiger partial charge in [-0.3, -0.25) is 14.3 Å². The predicted octanol–water partition coefficient (Wildman–Crippen LogP) is 1.33. The van der Waals surface area contributed by atoms with Crippen molar-refractivity contribution in [1.82, 2.24) is 20.1 Å². The maximum Gasteiger partial charge on any atom is 0.227 e. The number of phenols is 1. The fourth-order valence-electron chi connectivity index (χ4n) is 3.03. The lowest BCUT2D eigenvalue weighted by Crippen LogP contribution is -2.26. The van der Waals surface area contributed by atoms with E-state index in [9.17, 15) is 19.8 Å². The number of benzene rings is 1. The Balaban J connectivity index is 1.93. The van der Waals surface area contributed by atoms with Crippen LogP contribution in [0.25, 0.3) is 0 Å². The fourth-order valence-corrected chi connectivity index (χ4v) is 3.03. The minimum absolute atomic E-state index is 0.0427. The molecule has 1 unspecified atom stereocenters. The third kappa shape index (κ3) is 4.59. The first kappa shape index (κ1) is 20.9. The number of hydrogen-bond acceptors (Lipinski definition) is 8. The molecule has 3 rings (SSSR count). The van der Waals surface area contributed by atoms with Gasteiger partial charge in [0, 0.05) is 19.5 Å².